The summed E-state index contributed by atoms with van der Waals surface area (Å²) in [6.07, 6.45) is 1.09. The first-order valence-corrected chi connectivity index (χ1v) is 5.69. The molecule has 1 fully saturated rings. The number of primary amides is 1. The minimum absolute atomic E-state index is 0.0703. The zero-order valence-electron chi connectivity index (χ0n) is 8.69. The smallest absolute Gasteiger partial charge is 0.229 e. The molecule has 2 heterocycles. The van der Waals surface area contributed by atoms with Gasteiger partial charge in [0, 0.05) is 13.0 Å². The summed E-state index contributed by atoms with van der Waals surface area (Å²) in [5, 5.41) is 0. The van der Waals surface area contributed by atoms with E-state index in [-0.39, 0.29) is 18.9 Å². The van der Waals surface area contributed by atoms with Crippen molar-refractivity contribution in [1.29, 1.82) is 0 Å². The standard InChI is InChI=1S/C10H9BrFN3O2/c11-7-2-6(12)3-14-10(7)15-4-5(9(13)17)1-8(15)16/h2-3,5H,1,4H2,(H2,13,17). The highest BCUT2D eigenvalue weighted by Gasteiger charge is 2.35. The second kappa shape index (κ2) is 4.40. The van der Waals surface area contributed by atoms with Crippen molar-refractivity contribution >= 4 is 33.6 Å². The van der Waals surface area contributed by atoms with E-state index in [1.165, 1.54) is 11.0 Å². The molecule has 90 valence electrons. The summed E-state index contributed by atoms with van der Waals surface area (Å²) in [6.45, 7) is 0.186. The molecule has 1 atom stereocenters. The van der Waals surface area contributed by atoms with Gasteiger partial charge in [0.25, 0.3) is 0 Å². The van der Waals surface area contributed by atoms with Gasteiger partial charge < -0.3 is 5.73 Å². The number of hydrogen-bond acceptors (Lipinski definition) is 3. The van der Waals surface area contributed by atoms with Gasteiger partial charge in [-0.05, 0) is 22.0 Å². The lowest BCUT2D eigenvalue weighted by Gasteiger charge is -2.16. The summed E-state index contributed by atoms with van der Waals surface area (Å²) in [6, 6.07) is 1.22. The zero-order chi connectivity index (χ0) is 12.6. The topological polar surface area (TPSA) is 76.3 Å². The minimum Gasteiger partial charge on any atom is -0.369 e. The van der Waals surface area contributed by atoms with Crippen LogP contribution in [-0.2, 0) is 9.59 Å². The van der Waals surface area contributed by atoms with E-state index in [1.807, 2.05) is 0 Å². The second-order valence-electron chi connectivity index (χ2n) is 3.77. The van der Waals surface area contributed by atoms with E-state index in [0.717, 1.165) is 6.20 Å². The van der Waals surface area contributed by atoms with E-state index in [9.17, 15) is 14.0 Å². The lowest BCUT2D eigenvalue weighted by atomic mass is 10.1. The Bertz CT molecular complexity index is 494. The third kappa shape index (κ3) is 2.28. The number of amides is 2. The Morgan fingerprint density at radius 3 is 2.88 bits per heavy atom. The van der Waals surface area contributed by atoms with Crippen LogP contribution in [0, 0.1) is 11.7 Å². The van der Waals surface area contributed by atoms with Gasteiger partial charge >= 0.3 is 0 Å². The Hall–Kier alpha value is -1.50. The number of pyridine rings is 1. The molecule has 0 spiro atoms. The Morgan fingerprint density at radius 2 is 2.35 bits per heavy atom. The predicted octanol–water partition coefficient (Wildman–Crippen LogP) is 0.821. The number of aromatic nitrogens is 1. The van der Waals surface area contributed by atoms with E-state index in [4.69, 9.17) is 5.73 Å². The molecule has 2 rings (SSSR count). The Kier molecular flexibility index (Phi) is 3.10. The van der Waals surface area contributed by atoms with Gasteiger partial charge in [-0.1, -0.05) is 0 Å². The van der Waals surface area contributed by atoms with E-state index in [2.05, 4.69) is 20.9 Å². The number of nitrogens with zero attached hydrogens (tertiary/aromatic N) is 2. The first-order chi connectivity index (χ1) is 7.99. The van der Waals surface area contributed by atoms with Crippen molar-refractivity contribution in [3.63, 3.8) is 0 Å². The van der Waals surface area contributed by atoms with Gasteiger partial charge in [-0.2, -0.15) is 0 Å². The van der Waals surface area contributed by atoms with Crippen LogP contribution < -0.4 is 10.6 Å². The number of carbonyl (C=O) groups is 2. The molecule has 1 aromatic rings. The van der Waals surface area contributed by atoms with Crippen LogP contribution in [0.3, 0.4) is 0 Å². The fraction of sp³-hybridized carbons (Fsp3) is 0.300. The number of rotatable bonds is 2. The van der Waals surface area contributed by atoms with E-state index < -0.39 is 17.6 Å². The van der Waals surface area contributed by atoms with Gasteiger partial charge in [0.2, 0.25) is 11.8 Å². The van der Waals surface area contributed by atoms with Crippen molar-refractivity contribution in [3.8, 4) is 0 Å². The number of hydrogen-bond donors (Lipinski definition) is 1. The van der Waals surface area contributed by atoms with Crippen LogP contribution in [0.15, 0.2) is 16.7 Å². The third-order valence-electron chi connectivity index (χ3n) is 2.57. The number of halogens is 2. The first-order valence-electron chi connectivity index (χ1n) is 4.89. The molecule has 0 aliphatic carbocycles. The van der Waals surface area contributed by atoms with Crippen LogP contribution in [0.25, 0.3) is 0 Å². The third-order valence-corrected chi connectivity index (χ3v) is 3.16. The molecule has 1 saturated heterocycles. The summed E-state index contributed by atoms with van der Waals surface area (Å²) < 4.78 is 13.2. The van der Waals surface area contributed by atoms with Gasteiger partial charge in [0.1, 0.15) is 11.6 Å². The lowest BCUT2D eigenvalue weighted by Crippen LogP contribution is -2.29. The Morgan fingerprint density at radius 1 is 1.65 bits per heavy atom. The highest BCUT2D eigenvalue weighted by Crippen LogP contribution is 2.29. The summed E-state index contributed by atoms with van der Waals surface area (Å²) in [4.78, 5) is 27.9. The molecule has 17 heavy (non-hydrogen) atoms. The fourth-order valence-corrected chi connectivity index (χ4v) is 2.24. The summed E-state index contributed by atoms with van der Waals surface area (Å²) in [5.74, 6) is -1.46. The molecule has 0 radical (unpaired) electrons. The Labute approximate surface area is 105 Å². The predicted molar refractivity (Wildman–Crippen MR) is 61.5 cm³/mol. The fourth-order valence-electron chi connectivity index (χ4n) is 1.71. The quantitative estimate of drug-likeness (QED) is 0.879. The highest BCUT2D eigenvalue weighted by molar-refractivity contribution is 9.10. The molecule has 2 N–H and O–H groups in total. The maximum absolute atomic E-state index is 12.9. The molecule has 7 heteroatoms. The molecule has 5 nitrogen and oxygen atoms in total. The first kappa shape index (κ1) is 12.0. The van der Waals surface area contributed by atoms with E-state index in [0.29, 0.717) is 10.3 Å². The molecule has 1 aliphatic heterocycles. The molecular formula is C10H9BrFN3O2. The maximum Gasteiger partial charge on any atom is 0.229 e. The molecule has 0 saturated carbocycles. The molecule has 1 aromatic heterocycles. The number of nitrogens with two attached hydrogens (primary N) is 1. The van der Waals surface area contributed by atoms with Crippen molar-refractivity contribution < 1.29 is 14.0 Å². The van der Waals surface area contributed by atoms with Crippen LogP contribution >= 0.6 is 15.9 Å². The normalized spacial score (nSPS) is 19.8. The Balaban J connectivity index is 2.29. The number of carbonyl (C=O) groups excluding carboxylic acids is 2. The van der Waals surface area contributed by atoms with E-state index >= 15 is 0 Å². The van der Waals surface area contributed by atoms with Gasteiger partial charge in [0.15, 0.2) is 0 Å². The van der Waals surface area contributed by atoms with Crippen LogP contribution in [0.1, 0.15) is 6.42 Å². The summed E-state index contributed by atoms with van der Waals surface area (Å²) in [5.41, 5.74) is 5.15. The zero-order valence-corrected chi connectivity index (χ0v) is 10.3. The minimum atomic E-state index is -0.515. The van der Waals surface area contributed by atoms with Gasteiger partial charge in [-0.15, -0.1) is 0 Å². The van der Waals surface area contributed by atoms with Crippen molar-refractivity contribution in [2.45, 2.75) is 6.42 Å². The molecular weight excluding hydrogens is 293 g/mol. The van der Waals surface area contributed by atoms with Crippen LogP contribution in [-0.4, -0.2) is 23.3 Å². The summed E-state index contributed by atoms with van der Waals surface area (Å²) in [7, 11) is 0. The van der Waals surface area contributed by atoms with E-state index in [1.54, 1.807) is 0 Å². The van der Waals surface area contributed by atoms with Crippen molar-refractivity contribution in [2.75, 3.05) is 11.4 Å². The largest absolute Gasteiger partial charge is 0.369 e. The second-order valence-corrected chi connectivity index (χ2v) is 4.62. The molecule has 1 aliphatic rings. The maximum atomic E-state index is 12.9. The SMILES string of the molecule is NC(=O)C1CC(=O)N(c2ncc(F)cc2Br)C1. The average molecular weight is 302 g/mol. The molecule has 0 bridgehead atoms. The van der Waals surface area contributed by atoms with Gasteiger partial charge in [-0.25, -0.2) is 9.37 Å². The average Bonchev–Trinajstić information content (AvgIpc) is 2.61. The molecule has 0 aromatic carbocycles. The highest BCUT2D eigenvalue weighted by atomic mass is 79.9. The van der Waals surface area contributed by atoms with Crippen LogP contribution in [0.4, 0.5) is 10.2 Å². The van der Waals surface area contributed by atoms with Crippen molar-refractivity contribution in [1.82, 2.24) is 4.98 Å². The van der Waals surface area contributed by atoms with Crippen LogP contribution in [0.5, 0.6) is 0 Å². The molecule has 1 unspecified atom stereocenters. The van der Waals surface area contributed by atoms with Crippen LogP contribution in [0.2, 0.25) is 0 Å². The monoisotopic (exact) mass is 301 g/mol. The van der Waals surface area contributed by atoms with Gasteiger partial charge in [0.05, 0.1) is 16.6 Å². The lowest BCUT2D eigenvalue weighted by molar-refractivity contribution is -0.123. The van der Waals surface area contributed by atoms with Gasteiger partial charge in [-0.3, -0.25) is 14.5 Å². The van der Waals surface area contributed by atoms with Crippen molar-refractivity contribution in [3.05, 3.63) is 22.6 Å². The van der Waals surface area contributed by atoms with Crippen molar-refractivity contribution in [2.24, 2.45) is 11.7 Å². The molecule has 2 amide bonds. The number of anilines is 1. The summed E-state index contributed by atoms with van der Waals surface area (Å²) >= 11 is 3.13.